The normalized spacial score (nSPS) is 24.0. The second-order valence-corrected chi connectivity index (χ2v) is 9.07. The van der Waals surface area contributed by atoms with Gasteiger partial charge in [0.25, 0.3) is 0 Å². The van der Waals surface area contributed by atoms with Crippen LogP contribution in [0.15, 0.2) is 29.2 Å². The monoisotopic (exact) mass is 311 g/mol. The van der Waals surface area contributed by atoms with E-state index in [1.165, 1.54) is 0 Å². The van der Waals surface area contributed by atoms with E-state index in [1.807, 2.05) is 12.1 Å². The van der Waals surface area contributed by atoms with Crippen molar-refractivity contribution < 1.29 is 13.2 Å². The lowest BCUT2D eigenvalue weighted by Crippen LogP contribution is -2.38. The van der Waals surface area contributed by atoms with Gasteiger partial charge in [-0.3, -0.25) is 0 Å². The van der Waals surface area contributed by atoms with Crippen molar-refractivity contribution in [3.05, 3.63) is 24.3 Å². The minimum atomic E-state index is -3.14. The number of ether oxygens (including phenoxy) is 1. The molecule has 1 heterocycles. The number of nitrogens with one attached hydrogen (secondary N) is 1. The van der Waals surface area contributed by atoms with Crippen LogP contribution in [0.25, 0.3) is 0 Å². The number of benzene rings is 1. The molecular formula is C16H25NO3S. The zero-order valence-corrected chi connectivity index (χ0v) is 14.3. The van der Waals surface area contributed by atoms with E-state index in [-0.39, 0.29) is 23.0 Å². The van der Waals surface area contributed by atoms with Gasteiger partial charge in [-0.15, -0.1) is 0 Å². The molecule has 1 aliphatic heterocycles. The summed E-state index contributed by atoms with van der Waals surface area (Å²) in [6, 6.07) is 7.17. The van der Waals surface area contributed by atoms with Gasteiger partial charge in [-0.05, 0) is 58.4 Å². The van der Waals surface area contributed by atoms with Gasteiger partial charge in [-0.2, -0.15) is 0 Å². The summed E-state index contributed by atoms with van der Waals surface area (Å²) in [6.45, 7) is 9.99. The highest BCUT2D eigenvalue weighted by Gasteiger charge is 2.45. The number of sulfone groups is 1. The second-order valence-electron chi connectivity index (χ2n) is 6.79. The van der Waals surface area contributed by atoms with Gasteiger partial charge in [0, 0.05) is 5.69 Å². The fourth-order valence-electron chi connectivity index (χ4n) is 2.91. The molecule has 1 aliphatic rings. The summed E-state index contributed by atoms with van der Waals surface area (Å²) >= 11 is 0. The standard InChI is InChI=1S/C16H25NO3S/c1-6-21(18,19)13-9-7-12(8-10-13)17-14-11-15(2,3)20-16(14,4)5/h7-10,14,17H,6,11H2,1-5H3. The van der Waals surface area contributed by atoms with Crippen LogP contribution in [-0.4, -0.2) is 31.4 Å². The van der Waals surface area contributed by atoms with Crippen LogP contribution in [0.2, 0.25) is 0 Å². The molecule has 1 aromatic carbocycles. The first-order chi connectivity index (χ1) is 9.56. The first-order valence-electron chi connectivity index (χ1n) is 7.35. The summed E-state index contributed by atoms with van der Waals surface area (Å²) in [5.74, 6) is 0.122. The Kier molecular flexibility index (Phi) is 4.10. The third-order valence-electron chi connectivity index (χ3n) is 4.01. The van der Waals surface area contributed by atoms with Gasteiger partial charge in [0.2, 0.25) is 0 Å². The quantitative estimate of drug-likeness (QED) is 0.927. The van der Waals surface area contributed by atoms with Crippen LogP contribution < -0.4 is 5.32 Å². The summed E-state index contributed by atoms with van der Waals surface area (Å²) in [5, 5.41) is 3.46. The molecule has 1 unspecified atom stereocenters. The van der Waals surface area contributed by atoms with E-state index in [0.29, 0.717) is 4.90 Å². The van der Waals surface area contributed by atoms with Crippen LogP contribution in [0.3, 0.4) is 0 Å². The molecule has 0 aromatic heterocycles. The maximum Gasteiger partial charge on any atom is 0.178 e. The minimum Gasteiger partial charge on any atom is -0.379 e. The number of anilines is 1. The topological polar surface area (TPSA) is 55.4 Å². The van der Waals surface area contributed by atoms with E-state index in [9.17, 15) is 8.42 Å². The molecule has 4 nitrogen and oxygen atoms in total. The Hall–Kier alpha value is -1.07. The summed E-state index contributed by atoms with van der Waals surface area (Å²) < 4.78 is 29.7. The molecule has 118 valence electrons. The lowest BCUT2D eigenvalue weighted by molar-refractivity contribution is -0.0662. The third-order valence-corrected chi connectivity index (χ3v) is 5.76. The average molecular weight is 311 g/mol. The number of hydrogen-bond acceptors (Lipinski definition) is 4. The lowest BCUT2D eigenvalue weighted by Gasteiger charge is -2.28. The average Bonchev–Trinajstić information content (AvgIpc) is 2.57. The van der Waals surface area contributed by atoms with Crippen molar-refractivity contribution in [3.8, 4) is 0 Å². The van der Waals surface area contributed by atoms with Crippen molar-refractivity contribution in [2.24, 2.45) is 0 Å². The van der Waals surface area contributed by atoms with Crippen LogP contribution >= 0.6 is 0 Å². The predicted molar refractivity (Wildman–Crippen MR) is 85.4 cm³/mol. The first-order valence-corrected chi connectivity index (χ1v) is 9.00. The zero-order chi connectivity index (χ0) is 15.9. The van der Waals surface area contributed by atoms with Gasteiger partial charge in [0.05, 0.1) is 27.9 Å². The first kappa shape index (κ1) is 16.3. The molecule has 0 aliphatic carbocycles. The molecule has 0 bridgehead atoms. The highest BCUT2D eigenvalue weighted by atomic mass is 32.2. The molecule has 0 radical (unpaired) electrons. The molecule has 0 spiro atoms. The highest BCUT2D eigenvalue weighted by molar-refractivity contribution is 7.91. The van der Waals surface area contributed by atoms with Gasteiger partial charge < -0.3 is 10.1 Å². The summed E-state index contributed by atoms with van der Waals surface area (Å²) in [6.07, 6.45) is 0.912. The van der Waals surface area contributed by atoms with E-state index in [4.69, 9.17) is 4.74 Å². The Labute approximate surface area is 127 Å². The molecule has 0 amide bonds. The van der Waals surface area contributed by atoms with Gasteiger partial charge in [0.1, 0.15) is 0 Å². The molecule has 5 heteroatoms. The Morgan fingerprint density at radius 3 is 2.19 bits per heavy atom. The molecule has 2 rings (SSSR count). The van der Waals surface area contributed by atoms with Gasteiger partial charge in [-0.1, -0.05) is 6.92 Å². The molecule has 1 fully saturated rings. The van der Waals surface area contributed by atoms with Crippen LogP contribution in [0, 0.1) is 0 Å². The molecule has 1 saturated heterocycles. The maximum absolute atomic E-state index is 11.8. The van der Waals surface area contributed by atoms with Crippen molar-refractivity contribution in [3.63, 3.8) is 0 Å². The summed E-state index contributed by atoms with van der Waals surface area (Å²) in [5.41, 5.74) is 0.522. The van der Waals surface area contributed by atoms with Crippen LogP contribution in [-0.2, 0) is 14.6 Å². The summed E-state index contributed by atoms with van der Waals surface area (Å²) in [7, 11) is -3.14. The molecule has 1 aromatic rings. The lowest BCUT2D eigenvalue weighted by atomic mass is 9.94. The van der Waals surface area contributed by atoms with Crippen molar-refractivity contribution >= 4 is 15.5 Å². The third kappa shape index (κ3) is 3.58. The molecule has 21 heavy (non-hydrogen) atoms. The molecular weight excluding hydrogens is 286 g/mol. The van der Waals surface area contributed by atoms with Crippen molar-refractivity contribution in [2.45, 2.75) is 63.2 Å². The molecule has 1 N–H and O–H groups in total. The largest absolute Gasteiger partial charge is 0.379 e. The van der Waals surface area contributed by atoms with E-state index in [2.05, 4.69) is 33.0 Å². The number of hydrogen-bond donors (Lipinski definition) is 1. The predicted octanol–water partition coefficient (Wildman–Crippen LogP) is 3.24. The van der Waals surface area contributed by atoms with Crippen LogP contribution in [0.1, 0.15) is 41.0 Å². The maximum atomic E-state index is 11.8. The fourth-order valence-corrected chi connectivity index (χ4v) is 3.80. The Morgan fingerprint density at radius 2 is 1.76 bits per heavy atom. The van der Waals surface area contributed by atoms with Crippen molar-refractivity contribution in [1.82, 2.24) is 0 Å². The zero-order valence-electron chi connectivity index (χ0n) is 13.4. The van der Waals surface area contributed by atoms with E-state index in [1.54, 1.807) is 19.1 Å². The van der Waals surface area contributed by atoms with Gasteiger partial charge in [-0.25, -0.2) is 8.42 Å². The van der Waals surface area contributed by atoms with E-state index < -0.39 is 9.84 Å². The fraction of sp³-hybridized carbons (Fsp3) is 0.625. The van der Waals surface area contributed by atoms with Crippen LogP contribution in [0.5, 0.6) is 0 Å². The smallest absolute Gasteiger partial charge is 0.178 e. The van der Waals surface area contributed by atoms with E-state index >= 15 is 0 Å². The second kappa shape index (κ2) is 5.29. The minimum absolute atomic E-state index is 0.122. The summed E-state index contributed by atoms with van der Waals surface area (Å²) in [4.78, 5) is 0.373. The molecule has 1 atom stereocenters. The van der Waals surface area contributed by atoms with Gasteiger partial charge in [0.15, 0.2) is 9.84 Å². The number of rotatable bonds is 4. The highest BCUT2D eigenvalue weighted by Crippen LogP contribution is 2.38. The Morgan fingerprint density at radius 1 is 1.19 bits per heavy atom. The Bertz CT molecular complexity index is 603. The van der Waals surface area contributed by atoms with Crippen LogP contribution in [0.4, 0.5) is 5.69 Å². The van der Waals surface area contributed by atoms with E-state index in [0.717, 1.165) is 12.1 Å². The van der Waals surface area contributed by atoms with Crippen molar-refractivity contribution in [1.29, 1.82) is 0 Å². The Balaban J connectivity index is 2.15. The molecule has 0 saturated carbocycles. The van der Waals surface area contributed by atoms with Crippen molar-refractivity contribution in [2.75, 3.05) is 11.1 Å². The van der Waals surface area contributed by atoms with Gasteiger partial charge >= 0.3 is 0 Å². The SMILES string of the molecule is CCS(=O)(=O)c1ccc(NC2CC(C)(C)OC2(C)C)cc1.